The first kappa shape index (κ1) is 18.4. The summed E-state index contributed by atoms with van der Waals surface area (Å²) in [6.07, 6.45) is 0.0456. The predicted molar refractivity (Wildman–Crippen MR) is 86.7 cm³/mol. The number of sulfonamides is 1. The molecule has 25 heavy (non-hydrogen) atoms. The Morgan fingerprint density at radius 1 is 1.24 bits per heavy atom. The summed E-state index contributed by atoms with van der Waals surface area (Å²) in [5.74, 6) is -1.21. The van der Waals surface area contributed by atoms with Crippen LogP contribution in [-0.4, -0.2) is 19.6 Å². The highest BCUT2D eigenvalue weighted by molar-refractivity contribution is 7.89. The normalized spacial score (nSPS) is 17.1. The van der Waals surface area contributed by atoms with Crippen LogP contribution in [0, 0.1) is 6.92 Å². The van der Waals surface area contributed by atoms with Crippen LogP contribution in [0.25, 0.3) is 10.6 Å². The number of aryl methyl sites for hydroxylation is 1. The van der Waals surface area contributed by atoms with Gasteiger partial charge in [-0.15, -0.1) is 11.3 Å². The molecule has 2 heterocycles. The highest BCUT2D eigenvalue weighted by atomic mass is 32.2. The molecule has 0 aliphatic heterocycles. The Hall–Kier alpha value is -1.39. The van der Waals surface area contributed by atoms with E-state index in [9.17, 15) is 21.6 Å². The first-order valence-corrected chi connectivity index (χ1v) is 10.1. The minimum absolute atomic E-state index is 0.0282. The van der Waals surface area contributed by atoms with Crippen molar-refractivity contribution in [3.05, 3.63) is 22.8 Å². The van der Waals surface area contributed by atoms with Crippen molar-refractivity contribution >= 4 is 21.4 Å². The van der Waals surface area contributed by atoms with Crippen LogP contribution in [0.4, 0.5) is 13.2 Å². The molecule has 1 N–H and O–H groups in total. The number of hydrogen-bond acceptors (Lipinski definition) is 5. The summed E-state index contributed by atoms with van der Waals surface area (Å²) >= 11 is 1.07. The van der Waals surface area contributed by atoms with Crippen molar-refractivity contribution in [2.45, 2.75) is 56.1 Å². The van der Waals surface area contributed by atoms with Gasteiger partial charge in [0.25, 0.3) is 0 Å². The van der Waals surface area contributed by atoms with Crippen molar-refractivity contribution in [3.8, 4) is 10.6 Å². The second-order valence-corrected chi connectivity index (χ2v) is 9.00. The fraction of sp³-hybridized carbons (Fsp3) is 0.533. The van der Waals surface area contributed by atoms with Gasteiger partial charge in [-0.1, -0.05) is 24.4 Å². The van der Waals surface area contributed by atoms with Gasteiger partial charge in [0, 0.05) is 17.0 Å². The molecule has 0 amide bonds. The number of rotatable bonds is 4. The van der Waals surface area contributed by atoms with E-state index in [1.54, 1.807) is 6.92 Å². The quantitative estimate of drug-likeness (QED) is 0.837. The van der Waals surface area contributed by atoms with E-state index in [-0.39, 0.29) is 16.6 Å². The number of aromatic nitrogens is 1. The van der Waals surface area contributed by atoms with Crippen molar-refractivity contribution < 1.29 is 26.1 Å². The monoisotopic (exact) mass is 394 g/mol. The molecular formula is C15H17F3N2O3S2. The third-order valence-electron chi connectivity index (χ3n) is 4.13. The summed E-state index contributed by atoms with van der Waals surface area (Å²) in [5.41, 5.74) is -0.0282. The SMILES string of the molecule is Cc1sc(-c2cc(C(F)(F)F)on2)cc1S(=O)(=O)NC1CCCCC1. The van der Waals surface area contributed by atoms with Gasteiger partial charge in [0.15, 0.2) is 0 Å². The number of alkyl halides is 3. The molecule has 0 unspecified atom stereocenters. The van der Waals surface area contributed by atoms with E-state index >= 15 is 0 Å². The zero-order valence-electron chi connectivity index (χ0n) is 13.4. The maximum atomic E-state index is 12.6. The average Bonchev–Trinajstić information content (AvgIpc) is 3.14. The smallest absolute Gasteiger partial charge is 0.351 e. The van der Waals surface area contributed by atoms with Crippen molar-refractivity contribution in [3.63, 3.8) is 0 Å². The minimum atomic E-state index is -4.63. The number of halogens is 3. The van der Waals surface area contributed by atoms with Gasteiger partial charge in [0.1, 0.15) is 5.69 Å². The van der Waals surface area contributed by atoms with Gasteiger partial charge in [-0.3, -0.25) is 0 Å². The molecule has 1 aliphatic rings. The van der Waals surface area contributed by atoms with E-state index in [0.717, 1.165) is 49.5 Å². The lowest BCUT2D eigenvalue weighted by molar-refractivity contribution is -0.155. The molecule has 0 radical (unpaired) electrons. The summed E-state index contributed by atoms with van der Waals surface area (Å²) < 4.78 is 70.1. The molecule has 0 bridgehead atoms. The molecule has 5 nitrogen and oxygen atoms in total. The van der Waals surface area contributed by atoms with Crippen LogP contribution in [0.15, 0.2) is 21.6 Å². The molecule has 138 valence electrons. The lowest BCUT2D eigenvalue weighted by atomic mass is 9.96. The van der Waals surface area contributed by atoms with Gasteiger partial charge in [-0.25, -0.2) is 13.1 Å². The van der Waals surface area contributed by atoms with Crippen LogP contribution < -0.4 is 4.72 Å². The molecule has 10 heteroatoms. The largest absolute Gasteiger partial charge is 0.452 e. The van der Waals surface area contributed by atoms with Crippen LogP contribution in [0.3, 0.4) is 0 Å². The van der Waals surface area contributed by atoms with E-state index in [1.807, 2.05) is 0 Å². The Kier molecular flexibility index (Phi) is 4.95. The summed E-state index contributed by atoms with van der Waals surface area (Å²) in [5, 5.41) is 3.41. The van der Waals surface area contributed by atoms with Crippen molar-refractivity contribution in [1.82, 2.24) is 9.88 Å². The van der Waals surface area contributed by atoms with Gasteiger partial charge in [-0.05, 0) is 25.8 Å². The fourth-order valence-corrected chi connectivity index (χ4v) is 5.74. The highest BCUT2D eigenvalue weighted by Crippen LogP contribution is 2.37. The average molecular weight is 394 g/mol. The maximum absolute atomic E-state index is 12.6. The topological polar surface area (TPSA) is 72.2 Å². The summed E-state index contributed by atoms with van der Waals surface area (Å²) in [7, 11) is -3.72. The molecule has 1 fully saturated rings. The lowest BCUT2D eigenvalue weighted by Gasteiger charge is -2.22. The van der Waals surface area contributed by atoms with Gasteiger partial charge >= 0.3 is 6.18 Å². The standard InChI is InChI=1S/C15H17F3N2O3S2/c1-9-13(25(21,22)20-10-5-3-2-4-6-10)8-12(24-9)11-7-14(23-19-11)15(16,17)18/h7-8,10,20H,2-6H2,1H3. The number of nitrogens with one attached hydrogen (secondary N) is 1. The van der Waals surface area contributed by atoms with Crippen molar-refractivity contribution in [1.29, 1.82) is 0 Å². The van der Waals surface area contributed by atoms with E-state index in [4.69, 9.17) is 0 Å². The summed E-state index contributed by atoms with van der Waals surface area (Å²) in [6, 6.07) is 2.03. The highest BCUT2D eigenvalue weighted by Gasteiger charge is 2.36. The molecule has 1 aliphatic carbocycles. The third-order valence-corrected chi connectivity index (χ3v) is 6.98. The Morgan fingerprint density at radius 3 is 2.52 bits per heavy atom. The zero-order chi connectivity index (χ0) is 18.2. The summed E-state index contributed by atoms with van der Waals surface area (Å²) in [6.45, 7) is 1.62. The van der Waals surface area contributed by atoms with Gasteiger partial charge < -0.3 is 4.52 Å². The Labute approximate surface area is 147 Å². The first-order chi connectivity index (χ1) is 11.7. The Morgan fingerprint density at radius 2 is 1.92 bits per heavy atom. The Bertz CT molecular complexity index is 850. The number of hydrogen-bond donors (Lipinski definition) is 1. The van der Waals surface area contributed by atoms with Crippen LogP contribution in [0.1, 0.15) is 42.7 Å². The lowest BCUT2D eigenvalue weighted by Crippen LogP contribution is -2.36. The van der Waals surface area contributed by atoms with E-state index in [1.165, 1.54) is 6.07 Å². The van der Waals surface area contributed by atoms with Gasteiger partial charge in [0.05, 0.1) is 9.77 Å². The van der Waals surface area contributed by atoms with Crippen LogP contribution >= 0.6 is 11.3 Å². The number of thiophene rings is 1. The molecule has 0 saturated heterocycles. The molecular weight excluding hydrogens is 377 g/mol. The molecule has 0 spiro atoms. The molecule has 0 aromatic carbocycles. The van der Waals surface area contributed by atoms with E-state index < -0.39 is 22.0 Å². The molecule has 1 saturated carbocycles. The van der Waals surface area contributed by atoms with Crippen LogP contribution in [0.5, 0.6) is 0 Å². The Balaban J connectivity index is 1.85. The molecule has 3 rings (SSSR count). The second kappa shape index (κ2) is 6.73. The second-order valence-electron chi connectivity index (χ2n) is 6.06. The van der Waals surface area contributed by atoms with Crippen LogP contribution in [-0.2, 0) is 16.2 Å². The maximum Gasteiger partial charge on any atom is 0.452 e. The molecule has 0 atom stereocenters. The first-order valence-electron chi connectivity index (χ1n) is 7.84. The minimum Gasteiger partial charge on any atom is -0.351 e. The third kappa shape index (κ3) is 4.06. The van der Waals surface area contributed by atoms with E-state index in [0.29, 0.717) is 9.75 Å². The predicted octanol–water partition coefficient (Wildman–Crippen LogP) is 4.34. The fourth-order valence-electron chi connectivity index (χ4n) is 2.89. The zero-order valence-corrected chi connectivity index (χ0v) is 15.0. The summed E-state index contributed by atoms with van der Waals surface area (Å²) in [4.78, 5) is 0.894. The van der Waals surface area contributed by atoms with Crippen LogP contribution in [0.2, 0.25) is 0 Å². The number of nitrogens with zero attached hydrogens (tertiary/aromatic N) is 1. The molecule has 2 aromatic heterocycles. The van der Waals surface area contributed by atoms with E-state index in [2.05, 4.69) is 14.4 Å². The van der Waals surface area contributed by atoms with Crippen molar-refractivity contribution in [2.24, 2.45) is 0 Å². The van der Waals surface area contributed by atoms with Gasteiger partial charge in [-0.2, -0.15) is 13.2 Å². The molecule has 2 aromatic rings. The van der Waals surface area contributed by atoms with Gasteiger partial charge in [0.2, 0.25) is 15.8 Å². The van der Waals surface area contributed by atoms with Crippen molar-refractivity contribution in [2.75, 3.05) is 0 Å².